The number of nitrogens with zero attached hydrogens (tertiary/aromatic N) is 3. The molecule has 0 aliphatic carbocycles. The van der Waals surface area contributed by atoms with Crippen LogP contribution in [-0.2, 0) is 4.79 Å². The van der Waals surface area contributed by atoms with Crippen LogP contribution < -0.4 is 15.4 Å². The number of aromatic nitrogens is 3. The number of hydrogen-bond donors (Lipinski definition) is 3. The summed E-state index contributed by atoms with van der Waals surface area (Å²) in [5, 5.41) is 7.07. The lowest BCUT2D eigenvalue weighted by atomic mass is 10.1. The van der Waals surface area contributed by atoms with Gasteiger partial charge in [-0.3, -0.25) is 4.79 Å². The lowest BCUT2D eigenvalue weighted by molar-refractivity contribution is -0.123. The highest BCUT2D eigenvalue weighted by molar-refractivity contribution is 6.34. The van der Waals surface area contributed by atoms with Crippen LogP contribution in [0.2, 0.25) is 5.02 Å². The number of ether oxygens (including phenoxy) is 1. The number of pyridine rings is 1. The summed E-state index contributed by atoms with van der Waals surface area (Å²) in [6.45, 7) is 10.1. The van der Waals surface area contributed by atoms with E-state index in [1.54, 1.807) is 6.20 Å². The van der Waals surface area contributed by atoms with Gasteiger partial charge in [0.05, 0.1) is 16.9 Å². The Kier molecular flexibility index (Phi) is 9.74. The number of piperidine rings is 1. The van der Waals surface area contributed by atoms with Gasteiger partial charge in [0.25, 0.3) is 5.91 Å². The van der Waals surface area contributed by atoms with E-state index in [2.05, 4.69) is 37.5 Å². The normalized spacial score (nSPS) is 15.3. The fourth-order valence-corrected chi connectivity index (χ4v) is 4.04. The number of H-pyrrole nitrogens is 1. The van der Waals surface area contributed by atoms with E-state index in [-0.39, 0.29) is 18.6 Å². The SMILES string of the molecule is CC.CCC(C)NC(=O)COc1ccc(-c2nc3ncc(Cl)c(NC4CCN(C)CC4)c3[nH]2)cc1. The first-order valence-electron chi connectivity index (χ1n) is 12.4. The largest absolute Gasteiger partial charge is 0.484 e. The highest BCUT2D eigenvalue weighted by Gasteiger charge is 2.20. The summed E-state index contributed by atoms with van der Waals surface area (Å²) in [7, 11) is 2.15. The van der Waals surface area contributed by atoms with Gasteiger partial charge in [0, 0.05) is 17.6 Å². The van der Waals surface area contributed by atoms with Crippen LogP contribution in [0.25, 0.3) is 22.6 Å². The predicted molar refractivity (Wildman–Crippen MR) is 143 cm³/mol. The Morgan fingerprint density at radius 1 is 1.26 bits per heavy atom. The number of aromatic amines is 1. The first-order chi connectivity index (χ1) is 16.9. The minimum Gasteiger partial charge on any atom is -0.484 e. The monoisotopic (exact) mass is 500 g/mol. The summed E-state index contributed by atoms with van der Waals surface area (Å²) in [5.74, 6) is 1.20. The van der Waals surface area contributed by atoms with E-state index in [0.29, 0.717) is 28.3 Å². The van der Waals surface area contributed by atoms with Gasteiger partial charge in [-0.05, 0) is 70.6 Å². The number of likely N-dealkylation sites (tertiary alicyclic amines) is 1. The van der Waals surface area contributed by atoms with Crippen LogP contribution in [0.5, 0.6) is 5.75 Å². The number of amides is 1. The van der Waals surface area contributed by atoms with Crippen LogP contribution in [0.1, 0.15) is 47.0 Å². The molecule has 1 aliphatic heterocycles. The molecule has 190 valence electrons. The van der Waals surface area contributed by atoms with Crippen molar-refractivity contribution in [3.8, 4) is 17.1 Å². The van der Waals surface area contributed by atoms with Gasteiger partial charge in [-0.2, -0.15) is 0 Å². The van der Waals surface area contributed by atoms with E-state index in [1.165, 1.54) is 0 Å². The van der Waals surface area contributed by atoms with Gasteiger partial charge < -0.3 is 25.3 Å². The average Bonchev–Trinajstić information content (AvgIpc) is 3.32. The van der Waals surface area contributed by atoms with Crippen molar-refractivity contribution in [3.63, 3.8) is 0 Å². The number of carbonyl (C=O) groups excluding carboxylic acids is 1. The maximum Gasteiger partial charge on any atom is 0.258 e. The first-order valence-corrected chi connectivity index (χ1v) is 12.8. The Balaban J connectivity index is 0.00000167. The van der Waals surface area contributed by atoms with Crippen LogP contribution in [0.4, 0.5) is 5.69 Å². The van der Waals surface area contributed by atoms with Crippen molar-refractivity contribution in [2.75, 3.05) is 32.1 Å². The molecule has 8 nitrogen and oxygen atoms in total. The van der Waals surface area contributed by atoms with E-state index < -0.39 is 0 Å². The fraction of sp³-hybridized carbons (Fsp3) is 0.500. The molecule has 1 aliphatic rings. The number of nitrogens with one attached hydrogen (secondary N) is 3. The van der Waals surface area contributed by atoms with Gasteiger partial charge in [0.1, 0.15) is 17.1 Å². The van der Waals surface area contributed by atoms with Crippen LogP contribution in [0.15, 0.2) is 30.5 Å². The molecule has 0 saturated carbocycles. The van der Waals surface area contributed by atoms with Crippen LogP contribution in [-0.4, -0.2) is 64.6 Å². The molecule has 0 radical (unpaired) electrons. The maximum absolute atomic E-state index is 11.9. The zero-order valence-electron chi connectivity index (χ0n) is 21.3. The van der Waals surface area contributed by atoms with E-state index >= 15 is 0 Å². The van der Waals surface area contributed by atoms with Crippen LogP contribution >= 0.6 is 11.6 Å². The molecule has 0 bridgehead atoms. The summed E-state index contributed by atoms with van der Waals surface area (Å²) in [5.41, 5.74) is 3.17. The second-order valence-corrected chi connectivity index (χ2v) is 9.08. The summed E-state index contributed by atoms with van der Waals surface area (Å²) >= 11 is 6.50. The highest BCUT2D eigenvalue weighted by atomic mass is 35.5. The third-order valence-corrected chi connectivity index (χ3v) is 6.34. The minimum absolute atomic E-state index is 0.0112. The third-order valence-electron chi connectivity index (χ3n) is 6.06. The second-order valence-electron chi connectivity index (χ2n) is 8.68. The number of imidazole rings is 1. The summed E-state index contributed by atoms with van der Waals surface area (Å²) in [6.07, 6.45) is 4.66. The van der Waals surface area contributed by atoms with E-state index in [9.17, 15) is 4.79 Å². The van der Waals surface area contributed by atoms with E-state index in [1.807, 2.05) is 52.0 Å². The molecule has 1 unspecified atom stereocenters. The molecule has 35 heavy (non-hydrogen) atoms. The maximum atomic E-state index is 11.9. The number of anilines is 1. The fourth-order valence-electron chi connectivity index (χ4n) is 3.84. The molecule has 1 saturated heterocycles. The van der Waals surface area contributed by atoms with Gasteiger partial charge in [-0.25, -0.2) is 9.97 Å². The molecule has 2 aromatic heterocycles. The van der Waals surface area contributed by atoms with Gasteiger partial charge in [-0.15, -0.1) is 0 Å². The van der Waals surface area contributed by atoms with Crippen molar-refractivity contribution in [2.45, 2.75) is 59.0 Å². The van der Waals surface area contributed by atoms with E-state index in [4.69, 9.17) is 16.3 Å². The Hall–Kier alpha value is -2.84. The number of benzene rings is 1. The third kappa shape index (κ3) is 7.08. The molecule has 1 fully saturated rings. The number of fused-ring (bicyclic) bond motifs is 1. The molecule has 3 heterocycles. The van der Waals surface area contributed by atoms with Crippen molar-refractivity contribution in [1.82, 2.24) is 25.2 Å². The van der Waals surface area contributed by atoms with E-state index in [0.717, 1.165) is 49.1 Å². The Morgan fingerprint density at radius 2 is 1.94 bits per heavy atom. The summed E-state index contributed by atoms with van der Waals surface area (Å²) in [4.78, 5) is 26.7. The molecule has 9 heteroatoms. The first kappa shape index (κ1) is 26.8. The number of hydrogen-bond acceptors (Lipinski definition) is 6. The van der Waals surface area contributed by atoms with Crippen molar-refractivity contribution >= 4 is 34.4 Å². The van der Waals surface area contributed by atoms with Crippen molar-refractivity contribution < 1.29 is 9.53 Å². The van der Waals surface area contributed by atoms with Crippen LogP contribution in [0, 0.1) is 0 Å². The molecular weight excluding hydrogens is 464 g/mol. The highest BCUT2D eigenvalue weighted by Crippen LogP contribution is 2.32. The number of halogens is 1. The smallest absolute Gasteiger partial charge is 0.258 e. The number of rotatable bonds is 8. The predicted octanol–water partition coefficient (Wildman–Crippen LogP) is 5.10. The average molecular weight is 501 g/mol. The molecule has 0 spiro atoms. The molecule has 3 N–H and O–H groups in total. The lowest BCUT2D eigenvalue weighted by Gasteiger charge is -2.30. The number of carbonyl (C=O) groups is 1. The molecule has 1 amide bonds. The zero-order valence-corrected chi connectivity index (χ0v) is 22.1. The van der Waals surface area contributed by atoms with Gasteiger partial charge in [0.15, 0.2) is 12.3 Å². The molecule has 1 aromatic carbocycles. The second kappa shape index (κ2) is 12.7. The lowest BCUT2D eigenvalue weighted by Crippen LogP contribution is -2.36. The Bertz CT molecular complexity index is 1090. The van der Waals surface area contributed by atoms with Gasteiger partial charge >= 0.3 is 0 Å². The zero-order chi connectivity index (χ0) is 25.4. The Labute approximate surface area is 212 Å². The molecular formula is C26H37ClN6O2. The standard InChI is InChI=1S/C24H31ClN6O2.C2H6/c1-4-15(2)27-20(32)14-33-18-7-5-16(6-8-18)23-29-22-21(19(25)13-26-24(22)30-23)28-17-9-11-31(3)12-10-17;1-2/h5-8,13,15,17H,4,9-12,14H2,1-3H3,(H,27,32)(H2,26,28,29,30);1-2H3. The molecule has 3 aromatic rings. The quantitative estimate of drug-likeness (QED) is 0.398. The van der Waals surface area contributed by atoms with Crippen molar-refractivity contribution in [3.05, 3.63) is 35.5 Å². The van der Waals surface area contributed by atoms with Gasteiger partial charge in [0.2, 0.25) is 0 Å². The molecule has 1 atom stereocenters. The minimum atomic E-state index is -0.127. The van der Waals surface area contributed by atoms with Crippen molar-refractivity contribution in [2.24, 2.45) is 0 Å². The summed E-state index contributed by atoms with van der Waals surface area (Å²) in [6, 6.07) is 7.98. The van der Waals surface area contributed by atoms with Crippen LogP contribution in [0.3, 0.4) is 0 Å². The van der Waals surface area contributed by atoms with Gasteiger partial charge in [-0.1, -0.05) is 32.4 Å². The summed E-state index contributed by atoms with van der Waals surface area (Å²) < 4.78 is 5.60. The van der Waals surface area contributed by atoms with Crippen molar-refractivity contribution in [1.29, 1.82) is 0 Å². The molecule has 4 rings (SSSR count). The Morgan fingerprint density at radius 3 is 2.60 bits per heavy atom. The topological polar surface area (TPSA) is 95.2 Å².